The number of carbonyl (C=O) groups is 1. The first kappa shape index (κ1) is 34.5. The Morgan fingerprint density at radius 2 is 1.73 bits per heavy atom. The van der Waals surface area contributed by atoms with E-state index in [1.54, 1.807) is 18.2 Å². The molecule has 2 saturated carbocycles. The van der Waals surface area contributed by atoms with E-state index in [0.29, 0.717) is 36.4 Å². The molecular formula is C40H47N7O4S. The first-order valence-electron chi connectivity index (χ1n) is 18.4. The van der Waals surface area contributed by atoms with Crippen molar-refractivity contribution >= 4 is 27.7 Å². The Kier molecular flexibility index (Phi) is 8.51. The zero-order valence-corrected chi connectivity index (χ0v) is 31.6. The molecule has 2 aliphatic carbocycles. The summed E-state index contributed by atoms with van der Waals surface area (Å²) < 4.78 is 37.2. The molecule has 1 N–H and O–H groups in total. The van der Waals surface area contributed by atoms with Crippen molar-refractivity contribution < 1.29 is 17.9 Å². The van der Waals surface area contributed by atoms with Crippen LogP contribution in [0.15, 0.2) is 59.6 Å². The lowest BCUT2D eigenvalue weighted by Crippen LogP contribution is -2.47. The summed E-state index contributed by atoms with van der Waals surface area (Å²) in [6.45, 7) is 10.2. The Labute approximate surface area is 306 Å². The average Bonchev–Trinajstić information content (AvgIpc) is 3.77. The molecule has 4 aliphatic rings. The normalized spacial score (nSPS) is 23.1. The second kappa shape index (κ2) is 12.8. The number of sulfonamides is 1. The molecule has 8 rings (SSSR count). The van der Waals surface area contributed by atoms with Crippen LogP contribution in [0.4, 0.5) is 11.8 Å². The fraction of sp³-hybridized carbons (Fsp3) is 0.475. The molecule has 1 saturated heterocycles. The van der Waals surface area contributed by atoms with Crippen LogP contribution in [-0.2, 0) is 10.0 Å². The van der Waals surface area contributed by atoms with Crippen molar-refractivity contribution in [3.8, 4) is 17.1 Å². The van der Waals surface area contributed by atoms with Gasteiger partial charge in [-0.15, -0.1) is 0 Å². The number of nitrogens with one attached hydrogen (secondary N) is 1. The maximum atomic E-state index is 14.9. The molecule has 1 spiro atoms. The van der Waals surface area contributed by atoms with E-state index >= 15 is 0 Å². The Morgan fingerprint density at radius 1 is 1.00 bits per heavy atom. The van der Waals surface area contributed by atoms with Crippen LogP contribution in [0.3, 0.4) is 0 Å². The predicted octanol–water partition coefficient (Wildman–Crippen LogP) is 7.19. The van der Waals surface area contributed by atoms with E-state index in [9.17, 15) is 13.2 Å². The highest BCUT2D eigenvalue weighted by molar-refractivity contribution is 7.92. The molecule has 52 heavy (non-hydrogen) atoms. The van der Waals surface area contributed by atoms with E-state index in [-0.39, 0.29) is 46.2 Å². The molecule has 3 fully saturated rings. The molecule has 2 aromatic heterocycles. The van der Waals surface area contributed by atoms with Crippen molar-refractivity contribution in [1.82, 2.24) is 24.8 Å². The second-order valence-electron chi connectivity index (χ2n) is 15.8. The van der Waals surface area contributed by atoms with Gasteiger partial charge in [0.2, 0.25) is 11.8 Å². The standard InChI is InChI=1S/C40H47N7O4S/c1-23(2)17-33-31-13-14-32(37-26(5)41-22-34(43-37)46(6)28-20-40(21-28)15-16-40)47(31)38(48)27-11-8-12-29(18-27)52(49,50)45-39-42-30(19-35(44-39)51-33)36-24(3)9-7-10-25(36)4/h7-12,18-19,22-23,28,31-33H,13-17,20-21H2,1-6H3,(H,42,44,45). The molecule has 12 heteroatoms. The predicted molar refractivity (Wildman–Crippen MR) is 200 cm³/mol. The molecule has 3 atom stereocenters. The zero-order valence-electron chi connectivity index (χ0n) is 30.8. The Hall–Kier alpha value is -4.58. The van der Waals surface area contributed by atoms with Gasteiger partial charge in [-0.2, -0.15) is 4.98 Å². The highest BCUT2D eigenvalue weighted by atomic mass is 32.2. The summed E-state index contributed by atoms with van der Waals surface area (Å²) in [5.41, 5.74) is 5.77. The van der Waals surface area contributed by atoms with E-state index in [2.05, 4.69) is 40.5 Å². The summed E-state index contributed by atoms with van der Waals surface area (Å²) in [5, 5.41) is 0. The monoisotopic (exact) mass is 721 g/mol. The van der Waals surface area contributed by atoms with Crippen molar-refractivity contribution in [2.45, 2.75) is 109 Å². The molecular weight excluding hydrogens is 675 g/mol. The Morgan fingerprint density at radius 3 is 2.44 bits per heavy atom. The van der Waals surface area contributed by atoms with Crippen LogP contribution in [0.1, 0.15) is 97.7 Å². The Balaban J connectivity index is 1.25. The third-order valence-corrected chi connectivity index (χ3v) is 12.9. The first-order chi connectivity index (χ1) is 24.8. The summed E-state index contributed by atoms with van der Waals surface area (Å²) in [6.07, 6.45) is 8.37. The third-order valence-electron chi connectivity index (χ3n) is 11.6. The van der Waals surface area contributed by atoms with Gasteiger partial charge in [-0.05, 0) is 106 Å². The number of ether oxygens (including phenoxy) is 1. The van der Waals surface area contributed by atoms with Gasteiger partial charge in [0.25, 0.3) is 15.9 Å². The van der Waals surface area contributed by atoms with Gasteiger partial charge in [0.05, 0.1) is 40.3 Å². The van der Waals surface area contributed by atoms with E-state index in [0.717, 1.165) is 33.9 Å². The minimum Gasteiger partial charge on any atom is -0.472 e. The Bertz CT molecular complexity index is 2140. The summed E-state index contributed by atoms with van der Waals surface area (Å²) in [7, 11) is -2.08. The molecule has 2 aliphatic heterocycles. The van der Waals surface area contributed by atoms with Crippen LogP contribution in [0.25, 0.3) is 11.3 Å². The minimum absolute atomic E-state index is 0.0549. The number of aryl methyl sites for hydroxylation is 3. The summed E-state index contributed by atoms with van der Waals surface area (Å²) in [5.74, 6) is 0.913. The number of benzene rings is 2. The SMILES string of the molecule is Cc1cccc(C)c1-c1cc2nc(n1)NS(=O)(=O)c1cccc(c1)C(=O)N1C(c3nc(N(C)C4CC5(CC5)C4)cnc3C)CCC1C(CC(C)C)O2. The van der Waals surface area contributed by atoms with Gasteiger partial charge < -0.3 is 14.5 Å². The molecule has 4 aromatic rings. The van der Waals surface area contributed by atoms with Gasteiger partial charge in [0.1, 0.15) is 11.9 Å². The number of nitrogens with zero attached hydrogens (tertiary/aromatic N) is 6. The lowest BCUT2D eigenvalue weighted by atomic mass is 9.76. The van der Waals surface area contributed by atoms with E-state index < -0.39 is 16.1 Å². The number of hydrogen-bond donors (Lipinski definition) is 1. The van der Waals surface area contributed by atoms with Gasteiger partial charge >= 0.3 is 0 Å². The fourth-order valence-electron chi connectivity index (χ4n) is 8.59. The number of amides is 1. The molecule has 272 valence electrons. The van der Waals surface area contributed by atoms with Crippen LogP contribution < -0.4 is 14.4 Å². The van der Waals surface area contributed by atoms with Crippen LogP contribution in [0, 0.1) is 32.1 Å². The topological polar surface area (TPSA) is 131 Å². The van der Waals surface area contributed by atoms with Gasteiger partial charge in [0, 0.05) is 30.3 Å². The molecule has 0 radical (unpaired) electrons. The number of aromatic nitrogens is 4. The van der Waals surface area contributed by atoms with Crippen LogP contribution in [0.2, 0.25) is 0 Å². The lowest BCUT2D eigenvalue weighted by Gasteiger charge is -2.42. The molecule has 11 nitrogen and oxygen atoms in total. The van der Waals surface area contributed by atoms with Gasteiger partial charge in [0.15, 0.2) is 0 Å². The molecule has 4 heterocycles. The van der Waals surface area contributed by atoms with Crippen molar-refractivity contribution in [3.05, 3.63) is 82.8 Å². The number of hydrogen-bond acceptors (Lipinski definition) is 9. The number of carbonyl (C=O) groups excluding carboxylic acids is 1. The quantitative estimate of drug-likeness (QED) is 0.220. The van der Waals surface area contributed by atoms with Gasteiger partial charge in [-0.3, -0.25) is 9.78 Å². The largest absolute Gasteiger partial charge is 0.472 e. The molecule has 4 bridgehead atoms. The van der Waals surface area contributed by atoms with Crippen molar-refractivity contribution in [1.29, 1.82) is 0 Å². The minimum atomic E-state index is -4.18. The second-order valence-corrected chi connectivity index (χ2v) is 17.5. The first-order valence-corrected chi connectivity index (χ1v) is 19.9. The summed E-state index contributed by atoms with van der Waals surface area (Å²) >= 11 is 0. The summed E-state index contributed by atoms with van der Waals surface area (Å²) in [4.78, 5) is 38.3. The number of anilines is 2. The van der Waals surface area contributed by atoms with Crippen LogP contribution in [0.5, 0.6) is 5.88 Å². The zero-order chi connectivity index (χ0) is 36.5. The van der Waals surface area contributed by atoms with Crippen LogP contribution >= 0.6 is 0 Å². The average molecular weight is 722 g/mol. The van der Waals surface area contributed by atoms with E-state index in [4.69, 9.17) is 14.7 Å². The molecule has 2 aromatic carbocycles. The highest BCUT2D eigenvalue weighted by Crippen LogP contribution is 2.62. The van der Waals surface area contributed by atoms with Gasteiger partial charge in [-0.25, -0.2) is 23.1 Å². The molecule has 3 unspecified atom stereocenters. The van der Waals surface area contributed by atoms with Crippen molar-refractivity contribution in [2.24, 2.45) is 11.3 Å². The number of fused-ring (bicyclic) bond motifs is 5. The smallest absolute Gasteiger partial charge is 0.264 e. The lowest BCUT2D eigenvalue weighted by molar-refractivity contribution is 0.0391. The third kappa shape index (κ3) is 6.28. The number of rotatable bonds is 6. The van der Waals surface area contributed by atoms with Crippen molar-refractivity contribution in [3.63, 3.8) is 0 Å². The summed E-state index contributed by atoms with van der Waals surface area (Å²) in [6, 6.07) is 13.7. The maximum Gasteiger partial charge on any atom is 0.264 e. The van der Waals surface area contributed by atoms with E-state index in [1.807, 2.05) is 50.1 Å². The maximum absolute atomic E-state index is 14.9. The fourth-order valence-corrected chi connectivity index (χ4v) is 9.58. The van der Waals surface area contributed by atoms with Crippen molar-refractivity contribution in [2.75, 3.05) is 16.7 Å². The molecule has 1 amide bonds. The van der Waals surface area contributed by atoms with E-state index in [1.165, 1.54) is 37.8 Å². The van der Waals surface area contributed by atoms with Gasteiger partial charge in [-0.1, -0.05) is 38.1 Å². The highest BCUT2D eigenvalue weighted by Gasteiger charge is 2.54. The van der Waals surface area contributed by atoms with Crippen LogP contribution in [-0.4, -0.2) is 64.4 Å².